The van der Waals surface area contributed by atoms with Crippen LogP contribution in [-0.4, -0.2) is 30.1 Å². The molecule has 1 unspecified atom stereocenters. The van der Waals surface area contributed by atoms with Crippen LogP contribution in [0, 0.1) is 5.92 Å². The zero-order valence-electron chi connectivity index (χ0n) is 12.2. The molecule has 1 aliphatic carbocycles. The summed E-state index contributed by atoms with van der Waals surface area (Å²) in [7, 11) is 0. The molecule has 0 bridgehead atoms. The van der Waals surface area contributed by atoms with Crippen LogP contribution in [-0.2, 0) is 0 Å². The summed E-state index contributed by atoms with van der Waals surface area (Å²) in [5.41, 5.74) is 6.34. The third-order valence-corrected chi connectivity index (χ3v) is 4.19. The second kappa shape index (κ2) is 7.38. The summed E-state index contributed by atoms with van der Waals surface area (Å²) in [4.78, 5) is 2.68. The number of rotatable bonds is 10. The summed E-state index contributed by atoms with van der Waals surface area (Å²) < 4.78 is 0. The van der Waals surface area contributed by atoms with Crippen molar-refractivity contribution in [2.45, 2.75) is 71.3 Å². The first kappa shape index (κ1) is 15.0. The van der Waals surface area contributed by atoms with E-state index in [0.29, 0.717) is 0 Å². The maximum absolute atomic E-state index is 6.09. The average Bonchev–Trinajstić information content (AvgIpc) is 3.12. The van der Waals surface area contributed by atoms with E-state index in [1.807, 2.05) is 0 Å². The summed E-state index contributed by atoms with van der Waals surface area (Å²) >= 11 is 0. The van der Waals surface area contributed by atoms with Gasteiger partial charge in [-0.05, 0) is 45.2 Å². The summed E-state index contributed by atoms with van der Waals surface area (Å²) in [6.45, 7) is 10.2. The van der Waals surface area contributed by atoms with Crippen molar-refractivity contribution in [2.24, 2.45) is 11.7 Å². The van der Waals surface area contributed by atoms with Gasteiger partial charge in [-0.15, -0.1) is 0 Å². The lowest BCUT2D eigenvalue weighted by molar-refractivity contribution is 0.0919. The minimum Gasteiger partial charge on any atom is -0.329 e. The molecule has 0 spiro atoms. The number of hydrogen-bond acceptors (Lipinski definition) is 2. The fourth-order valence-corrected chi connectivity index (χ4v) is 2.63. The van der Waals surface area contributed by atoms with Gasteiger partial charge < -0.3 is 5.73 Å². The van der Waals surface area contributed by atoms with Crippen LogP contribution >= 0.6 is 0 Å². The van der Waals surface area contributed by atoms with Crippen molar-refractivity contribution in [1.82, 2.24) is 4.90 Å². The zero-order chi connectivity index (χ0) is 12.7. The van der Waals surface area contributed by atoms with Gasteiger partial charge in [0, 0.05) is 12.1 Å². The predicted molar refractivity (Wildman–Crippen MR) is 76.2 cm³/mol. The van der Waals surface area contributed by atoms with Crippen LogP contribution in [0.4, 0.5) is 0 Å². The van der Waals surface area contributed by atoms with Crippen LogP contribution < -0.4 is 5.73 Å². The molecule has 0 heterocycles. The van der Waals surface area contributed by atoms with Gasteiger partial charge in [0.1, 0.15) is 0 Å². The van der Waals surface area contributed by atoms with E-state index >= 15 is 0 Å². The molecule has 1 atom stereocenters. The summed E-state index contributed by atoms with van der Waals surface area (Å²) in [5, 5.41) is 0. The van der Waals surface area contributed by atoms with E-state index in [9.17, 15) is 0 Å². The second-order valence-electron chi connectivity index (χ2n) is 6.04. The van der Waals surface area contributed by atoms with Crippen LogP contribution in [0.5, 0.6) is 0 Å². The summed E-state index contributed by atoms with van der Waals surface area (Å²) in [6.07, 6.45) is 9.38. The maximum atomic E-state index is 6.09. The molecule has 0 aliphatic heterocycles. The van der Waals surface area contributed by atoms with Gasteiger partial charge in [0.25, 0.3) is 0 Å². The molecule has 2 heteroatoms. The highest BCUT2D eigenvalue weighted by Crippen LogP contribution is 2.38. The Labute approximate surface area is 108 Å². The standard InChI is InChI=1S/C15H32N2/c1-4-6-10-17(11-7-5-2)15(3,13-16)12-14-8-9-14/h14H,4-13,16H2,1-3H3. The Morgan fingerprint density at radius 3 is 2.00 bits per heavy atom. The first-order chi connectivity index (χ1) is 8.16. The third-order valence-electron chi connectivity index (χ3n) is 4.19. The quantitative estimate of drug-likeness (QED) is 0.634. The minimum absolute atomic E-state index is 0.255. The molecule has 1 saturated carbocycles. The summed E-state index contributed by atoms with van der Waals surface area (Å²) in [6, 6.07) is 0. The van der Waals surface area contributed by atoms with Crippen molar-refractivity contribution in [3.63, 3.8) is 0 Å². The van der Waals surface area contributed by atoms with Gasteiger partial charge in [0.05, 0.1) is 0 Å². The first-order valence-corrected chi connectivity index (χ1v) is 7.61. The molecule has 2 nitrogen and oxygen atoms in total. The number of unbranched alkanes of at least 4 members (excludes halogenated alkanes) is 2. The lowest BCUT2D eigenvalue weighted by Gasteiger charge is -2.41. The van der Waals surface area contributed by atoms with Gasteiger partial charge in [-0.25, -0.2) is 0 Å². The molecule has 0 aromatic heterocycles. The van der Waals surface area contributed by atoms with E-state index in [1.54, 1.807) is 0 Å². The molecular weight excluding hydrogens is 208 g/mol. The van der Waals surface area contributed by atoms with Crippen molar-refractivity contribution in [2.75, 3.05) is 19.6 Å². The van der Waals surface area contributed by atoms with E-state index in [4.69, 9.17) is 5.73 Å². The molecule has 0 aromatic carbocycles. The van der Waals surface area contributed by atoms with Crippen molar-refractivity contribution in [1.29, 1.82) is 0 Å². The predicted octanol–water partition coefficient (Wildman–Crippen LogP) is 3.41. The highest BCUT2D eigenvalue weighted by atomic mass is 15.2. The van der Waals surface area contributed by atoms with E-state index < -0.39 is 0 Å². The smallest absolute Gasteiger partial charge is 0.0306 e. The van der Waals surface area contributed by atoms with Gasteiger partial charge in [0.15, 0.2) is 0 Å². The maximum Gasteiger partial charge on any atom is 0.0306 e. The van der Waals surface area contributed by atoms with E-state index in [2.05, 4.69) is 25.7 Å². The Balaban J connectivity index is 2.53. The SMILES string of the molecule is CCCCN(CCCC)C(C)(CN)CC1CC1. The Hall–Kier alpha value is -0.0800. The zero-order valence-corrected chi connectivity index (χ0v) is 12.2. The highest BCUT2D eigenvalue weighted by Gasteiger charge is 2.36. The third kappa shape index (κ3) is 4.97. The molecular formula is C15H32N2. The van der Waals surface area contributed by atoms with Gasteiger partial charge in [-0.3, -0.25) is 4.90 Å². The normalized spacial score (nSPS) is 19.6. The molecule has 1 fully saturated rings. The van der Waals surface area contributed by atoms with Gasteiger partial charge in [-0.1, -0.05) is 39.5 Å². The lowest BCUT2D eigenvalue weighted by Crippen LogP contribution is -2.52. The Morgan fingerprint density at radius 1 is 1.12 bits per heavy atom. The van der Waals surface area contributed by atoms with Gasteiger partial charge >= 0.3 is 0 Å². The Bertz CT molecular complexity index is 193. The van der Waals surface area contributed by atoms with Crippen LogP contribution in [0.2, 0.25) is 0 Å². The summed E-state index contributed by atoms with van der Waals surface area (Å²) in [5.74, 6) is 0.967. The van der Waals surface area contributed by atoms with Crippen LogP contribution in [0.1, 0.15) is 65.7 Å². The Morgan fingerprint density at radius 2 is 1.65 bits per heavy atom. The molecule has 102 valence electrons. The molecule has 0 saturated heterocycles. The fraction of sp³-hybridized carbons (Fsp3) is 1.00. The molecule has 2 N–H and O–H groups in total. The molecule has 1 aliphatic rings. The molecule has 0 aromatic rings. The molecule has 0 amide bonds. The van der Waals surface area contributed by atoms with Crippen LogP contribution in [0.3, 0.4) is 0 Å². The Kier molecular flexibility index (Phi) is 6.50. The van der Waals surface area contributed by atoms with Crippen molar-refractivity contribution >= 4 is 0 Å². The average molecular weight is 240 g/mol. The number of nitrogens with zero attached hydrogens (tertiary/aromatic N) is 1. The minimum atomic E-state index is 0.255. The molecule has 1 rings (SSSR count). The van der Waals surface area contributed by atoms with Crippen molar-refractivity contribution < 1.29 is 0 Å². The van der Waals surface area contributed by atoms with E-state index in [1.165, 1.54) is 58.0 Å². The second-order valence-corrected chi connectivity index (χ2v) is 6.04. The largest absolute Gasteiger partial charge is 0.329 e. The van der Waals surface area contributed by atoms with E-state index in [0.717, 1.165) is 12.5 Å². The highest BCUT2D eigenvalue weighted by molar-refractivity contribution is 4.93. The number of hydrogen-bond donors (Lipinski definition) is 1. The monoisotopic (exact) mass is 240 g/mol. The number of nitrogens with two attached hydrogens (primary N) is 1. The molecule has 17 heavy (non-hydrogen) atoms. The first-order valence-electron chi connectivity index (χ1n) is 7.61. The van der Waals surface area contributed by atoms with Crippen LogP contribution in [0.15, 0.2) is 0 Å². The fourth-order valence-electron chi connectivity index (χ4n) is 2.63. The van der Waals surface area contributed by atoms with Gasteiger partial charge in [-0.2, -0.15) is 0 Å². The van der Waals surface area contributed by atoms with Crippen LogP contribution in [0.25, 0.3) is 0 Å². The van der Waals surface area contributed by atoms with E-state index in [-0.39, 0.29) is 5.54 Å². The lowest BCUT2D eigenvalue weighted by atomic mass is 9.91. The topological polar surface area (TPSA) is 29.3 Å². The van der Waals surface area contributed by atoms with Crippen molar-refractivity contribution in [3.8, 4) is 0 Å². The van der Waals surface area contributed by atoms with Crippen molar-refractivity contribution in [3.05, 3.63) is 0 Å². The molecule has 0 radical (unpaired) electrons. The van der Waals surface area contributed by atoms with Gasteiger partial charge in [0.2, 0.25) is 0 Å².